The van der Waals surface area contributed by atoms with Gasteiger partial charge in [-0.1, -0.05) is 157 Å². The zero-order valence-corrected chi connectivity index (χ0v) is 74.4. The van der Waals surface area contributed by atoms with Gasteiger partial charge in [-0.25, -0.2) is 0 Å². The molecule has 28 rings (SSSR count). The molecule has 30 heteroatoms. The number of hydrogen-bond acceptors (Lipinski definition) is 24. The molecule has 672 valence electrons. The average Bonchev–Trinajstić information content (AvgIpc) is 1.56. The molecule has 0 aliphatic carbocycles. The Bertz CT molecular complexity index is 5470. The van der Waals surface area contributed by atoms with Gasteiger partial charge in [0.25, 0.3) is 66.7 Å². The molecule has 0 radical (unpaired) electrons. The molecular weight excluding hydrogens is 1620 g/mol. The van der Waals surface area contributed by atoms with E-state index >= 15 is 57.5 Å². The Morgan fingerprint density at radius 1 is 0.190 bits per heavy atom. The summed E-state index contributed by atoms with van der Waals surface area (Å²) in [6, 6.07) is 9.45. The molecule has 6 aromatic heterocycles. The van der Waals surface area contributed by atoms with Crippen LogP contribution in [-0.4, -0.2) is 110 Å². The van der Waals surface area contributed by atoms with Crippen LogP contribution in [-0.2, 0) is 39.3 Å². The SMILES string of the molecule is CCCCCCOc1cc2c(OCCCCCC)cc1Cn1c(=O)c3c(OC)c4c(=O)n(c(=O)c4c(OC)c3c1=O)Cc1cc(OCCCCCC)c(cc1OCCCCCC)Cn1c(=O)c3c(OC)c4c(=O)n(c(=O)c4c(OC)c3c1=O)Cc1cc(OCCCCCC)c(cc1OCCCCCC)Cn1c(=O)c3c(OC)c4c(=O)n(c(=O)c4c(OC)c3c1=O)C2. The molecule has 0 atom stereocenters. The van der Waals surface area contributed by atoms with Crippen molar-refractivity contribution in [3.8, 4) is 69.0 Å². The van der Waals surface area contributed by atoms with Gasteiger partial charge in [-0.3, -0.25) is 84.9 Å². The van der Waals surface area contributed by atoms with E-state index in [1.807, 2.05) is 0 Å². The number of benzene rings is 6. The van der Waals surface area contributed by atoms with Crippen molar-refractivity contribution in [2.75, 3.05) is 82.3 Å². The minimum Gasteiger partial charge on any atom is -0.495 e. The largest absolute Gasteiger partial charge is 0.495 e. The van der Waals surface area contributed by atoms with E-state index in [4.69, 9.17) is 56.8 Å². The molecular formula is C96H114N6O24. The van der Waals surface area contributed by atoms with Crippen molar-refractivity contribution in [1.29, 1.82) is 0 Å². The van der Waals surface area contributed by atoms with Gasteiger partial charge in [0.05, 0.1) is 186 Å². The summed E-state index contributed by atoms with van der Waals surface area (Å²) in [4.78, 5) is 187. The highest BCUT2D eigenvalue weighted by molar-refractivity contribution is 6.13. The normalized spacial score (nSPS) is 12.5. The van der Waals surface area contributed by atoms with E-state index in [-0.39, 0.29) is 207 Å². The van der Waals surface area contributed by atoms with E-state index in [9.17, 15) is 0 Å². The fourth-order valence-corrected chi connectivity index (χ4v) is 17.6. The van der Waals surface area contributed by atoms with E-state index < -0.39 is 106 Å². The first-order chi connectivity index (χ1) is 61.1. The molecule has 0 unspecified atom stereocenters. The fraction of sp³-hybridized carbons (Fsp3) is 0.500. The monoisotopic (exact) mass is 1730 g/mol. The summed E-state index contributed by atoms with van der Waals surface area (Å²) in [6.07, 6.45) is 18.8. The molecule has 0 amide bonds. The lowest BCUT2D eigenvalue weighted by molar-refractivity contribution is 0.291. The van der Waals surface area contributed by atoms with Gasteiger partial charge in [0.1, 0.15) is 69.0 Å². The van der Waals surface area contributed by atoms with Crippen molar-refractivity contribution in [3.05, 3.63) is 194 Å². The second kappa shape index (κ2) is 40.8. The Morgan fingerprint density at radius 3 is 0.413 bits per heavy atom. The van der Waals surface area contributed by atoms with Gasteiger partial charge in [-0.05, 0) is 74.9 Å². The second-order valence-electron chi connectivity index (χ2n) is 32.5. The van der Waals surface area contributed by atoms with E-state index in [0.29, 0.717) is 38.5 Å². The molecule has 12 aromatic rings. The highest BCUT2D eigenvalue weighted by atomic mass is 16.5. The zero-order valence-electron chi connectivity index (χ0n) is 74.4. The van der Waals surface area contributed by atoms with E-state index in [1.165, 1.54) is 42.7 Å². The van der Waals surface area contributed by atoms with Gasteiger partial charge in [0.2, 0.25) is 0 Å². The first-order valence-electron chi connectivity index (χ1n) is 44.5. The molecule has 6 aromatic carbocycles. The number of methoxy groups -OCH3 is 6. The van der Waals surface area contributed by atoms with Crippen molar-refractivity contribution >= 4 is 64.6 Å². The van der Waals surface area contributed by atoms with E-state index in [1.54, 1.807) is 36.4 Å². The molecule has 16 aliphatic heterocycles. The maximum atomic E-state index is 15.6. The van der Waals surface area contributed by atoms with Gasteiger partial charge in [0, 0.05) is 33.4 Å². The number of unbranched alkanes of at least 4 members (excludes halogenated alkanes) is 18. The lowest BCUT2D eigenvalue weighted by atomic mass is 10.1. The van der Waals surface area contributed by atoms with Crippen LogP contribution in [0.1, 0.15) is 229 Å². The van der Waals surface area contributed by atoms with Crippen molar-refractivity contribution in [2.24, 2.45) is 0 Å². The standard InChI is InChI=1S/C96H114N6O24/c1-13-19-25-31-37-121-61-43-56-50-98-87(105)69-70(88(98)106)82(118-10)74-73(81(69)117-9)91(109)100(92(74)110)52-58-46-66(126-42-36-30-24-18-6)60(48-65(58)125-41-35-29-23-17-5)54-102-95(113)77-78(96(102)114)84(120-12)76-75(83(77)119-11)93(111)101(94(76)112)53-59-47-63(123-39-33-27-21-15-3)57(45-64(59)124-40-34-28-22-16-4)51-99-89(107)71-72(90(99)108)80(116-8)68-67(79(71)115-7)85(103)97(86(68)104)49-55(61)44-62(56)122-38-32-26-20-14-2/h43-48H,13-42,49-54H2,1-12H3. The minimum atomic E-state index is -0.933. The van der Waals surface area contributed by atoms with Crippen LogP contribution in [0.4, 0.5) is 0 Å². The predicted octanol–water partition coefficient (Wildman–Crippen LogP) is 12.8. The summed E-state index contributed by atoms with van der Waals surface area (Å²) >= 11 is 0. The van der Waals surface area contributed by atoms with Crippen LogP contribution in [0.15, 0.2) is 93.9 Å². The smallest absolute Gasteiger partial charge is 0.265 e. The average molecular weight is 1740 g/mol. The van der Waals surface area contributed by atoms with E-state index in [2.05, 4.69) is 41.5 Å². The maximum absolute atomic E-state index is 15.6. The minimum absolute atomic E-state index is 0.131. The molecule has 0 N–H and O–H groups in total. The number of aromatic nitrogens is 6. The Morgan fingerprint density at radius 2 is 0.310 bits per heavy atom. The van der Waals surface area contributed by atoms with Crippen LogP contribution in [0.3, 0.4) is 0 Å². The summed E-state index contributed by atoms with van der Waals surface area (Å²) in [5, 5.41) is -4.48. The van der Waals surface area contributed by atoms with E-state index in [0.717, 1.165) is 143 Å². The summed E-state index contributed by atoms with van der Waals surface area (Å²) < 4.78 is 81.3. The van der Waals surface area contributed by atoms with Crippen LogP contribution in [0, 0.1) is 0 Å². The predicted molar refractivity (Wildman–Crippen MR) is 486 cm³/mol. The topological polar surface area (TPSA) is 345 Å². The summed E-state index contributed by atoms with van der Waals surface area (Å²) in [7, 11) is 7.21. The maximum Gasteiger partial charge on any atom is 0.265 e. The third kappa shape index (κ3) is 17.3. The third-order valence-corrected chi connectivity index (χ3v) is 24.2. The Labute approximate surface area is 725 Å². The fourth-order valence-electron chi connectivity index (χ4n) is 17.6. The highest BCUT2D eigenvalue weighted by Crippen LogP contribution is 2.44. The summed E-state index contributed by atoms with van der Waals surface area (Å²) in [6.45, 7) is 10.1. The lowest BCUT2D eigenvalue weighted by Crippen LogP contribution is -2.28. The van der Waals surface area contributed by atoms with Crippen molar-refractivity contribution in [2.45, 2.75) is 235 Å². The molecule has 16 aliphatic rings. The highest BCUT2D eigenvalue weighted by Gasteiger charge is 2.37. The number of hydrogen-bond donors (Lipinski definition) is 0. The van der Waals surface area contributed by atoms with Crippen LogP contribution in [0.2, 0.25) is 0 Å². The molecule has 24 bridgehead atoms. The number of nitrogens with zero attached hydrogens (tertiary/aromatic N) is 6. The first kappa shape index (κ1) is 91.5. The van der Waals surface area contributed by atoms with Gasteiger partial charge in [0.15, 0.2) is 0 Å². The Balaban J connectivity index is 1.09. The van der Waals surface area contributed by atoms with Crippen molar-refractivity contribution in [1.82, 2.24) is 27.4 Å². The van der Waals surface area contributed by atoms with Crippen LogP contribution >= 0.6 is 0 Å². The first-order valence-corrected chi connectivity index (χ1v) is 44.5. The number of rotatable bonds is 42. The molecule has 22 heterocycles. The zero-order chi connectivity index (χ0) is 89.9. The second-order valence-corrected chi connectivity index (χ2v) is 32.5. The van der Waals surface area contributed by atoms with Gasteiger partial charge >= 0.3 is 0 Å². The number of ether oxygens (including phenoxy) is 12. The lowest BCUT2D eigenvalue weighted by Gasteiger charge is -2.18. The Kier molecular flexibility index (Phi) is 29.6. The van der Waals surface area contributed by atoms with Crippen LogP contribution < -0.4 is 124 Å². The molecule has 126 heavy (non-hydrogen) atoms. The molecule has 0 saturated carbocycles. The molecule has 0 saturated heterocycles. The molecule has 30 nitrogen and oxygen atoms in total. The third-order valence-electron chi connectivity index (χ3n) is 24.2. The summed E-state index contributed by atoms with van der Waals surface area (Å²) in [5.41, 5.74) is -9.77. The van der Waals surface area contributed by atoms with Crippen LogP contribution in [0.25, 0.3) is 64.6 Å². The van der Waals surface area contributed by atoms with Gasteiger partial charge in [-0.15, -0.1) is 0 Å². The van der Waals surface area contributed by atoms with Crippen molar-refractivity contribution in [3.63, 3.8) is 0 Å². The van der Waals surface area contributed by atoms with Gasteiger partial charge < -0.3 is 56.8 Å². The van der Waals surface area contributed by atoms with Crippen LogP contribution in [0.5, 0.6) is 69.0 Å². The summed E-state index contributed by atoms with van der Waals surface area (Å²) in [5.74, 6) is -1.55. The van der Waals surface area contributed by atoms with Gasteiger partial charge in [-0.2, -0.15) is 0 Å². The molecule has 0 fully saturated rings. The van der Waals surface area contributed by atoms with Crippen molar-refractivity contribution < 1.29 is 56.8 Å². The Hall–Kier alpha value is -12.2. The quantitative estimate of drug-likeness (QED) is 0.0321. The molecule has 0 spiro atoms.